The Hall–Kier alpha value is -0.480. The number of carbonyl (C=O) groups is 1. The molecule has 19 heavy (non-hydrogen) atoms. The van der Waals surface area contributed by atoms with Gasteiger partial charge in [0.1, 0.15) is 5.82 Å². The van der Waals surface area contributed by atoms with Gasteiger partial charge in [-0.1, -0.05) is 0 Å². The van der Waals surface area contributed by atoms with Crippen molar-refractivity contribution in [2.75, 3.05) is 17.2 Å². The zero-order valence-electron chi connectivity index (χ0n) is 9.51. The third kappa shape index (κ3) is 3.76. The first-order valence-corrected chi connectivity index (χ1v) is 8.87. The molecule has 0 radical (unpaired) electrons. The van der Waals surface area contributed by atoms with Gasteiger partial charge in [-0.15, -0.1) is 0 Å². The van der Waals surface area contributed by atoms with E-state index in [1.165, 1.54) is 17.0 Å². The monoisotopic (exact) mass is 418 g/mol. The molecule has 1 atom stereocenters. The molecule has 2 heterocycles. The summed E-state index contributed by atoms with van der Waals surface area (Å²) >= 11 is 1.79. The number of amides is 1. The number of aromatic nitrogens is 1. The highest BCUT2D eigenvalue weighted by molar-refractivity contribution is 14.1. The topological polar surface area (TPSA) is 67.3 Å². The highest BCUT2D eigenvalue weighted by Gasteiger charge is 2.34. The molecule has 1 saturated heterocycles. The predicted molar refractivity (Wildman–Crippen MR) is 77.0 cm³/mol. The van der Waals surface area contributed by atoms with Crippen molar-refractivity contribution in [3.8, 4) is 0 Å². The highest BCUT2D eigenvalue weighted by Crippen LogP contribution is 2.26. The van der Waals surface area contributed by atoms with Crippen molar-refractivity contribution < 1.29 is 17.6 Å². The Labute approximate surface area is 127 Å². The molecule has 1 fully saturated rings. The number of pyridine rings is 1. The number of rotatable bonds is 3. The van der Waals surface area contributed by atoms with E-state index in [-0.39, 0.29) is 36.4 Å². The zero-order valence-corrected chi connectivity index (χ0v) is 13.2. The second-order valence-corrected chi connectivity index (χ2v) is 8.21. The third-order valence-corrected chi connectivity index (χ3v) is 4.76. The van der Waals surface area contributed by atoms with Crippen molar-refractivity contribution >= 4 is 54.0 Å². The number of halogens is 3. The van der Waals surface area contributed by atoms with Gasteiger partial charge >= 0.3 is 0 Å². The van der Waals surface area contributed by atoms with Crippen LogP contribution in [0.25, 0.3) is 0 Å². The molecule has 5 nitrogen and oxygen atoms in total. The van der Waals surface area contributed by atoms with Gasteiger partial charge in [-0.3, -0.25) is 9.69 Å². The van der Waals surface area contributed by atoms with Gasteiger partial charge in [0.2, 0.25) is 20.9 Å². The number of hydrogen-bond donors (Lipinski definition) is 0. The van der Waals surface area contributed by atoms with Gasteiger partial charge in [0.15, 0.2) is 0 Å². The van der Waals surface area contributed by atoms with Crippen LogP contribution in [0.1, 0.15) is 6.42 Å². The molecule has 9 heteroatoms. The summed E-state index contributed by atoms with van der Waals surface area (Å²) in [5.74, 6) is -1.40. The van der Waals surface area contributed by atoms with Crippen LogP contribution in [-0.4, -0.2) is 31.6 Å². The van der Waals surface area contributed by atoms with Crippen LogP contribution >= 0.6 is 33.3 Å². The lowest BCUT2D eigenvalue weighted by molar-refractivity contribution is -0.117. The van der Waals surface area contributed by atoms with Gasteiger partial charge < -0.3 is 0 Å². The minimum Gasteiger partial charge on any atom is -0.296 e. The Bertz CT molecular complexity index is 625. The van der Waals surface area contributed by atoms with E-state index >= 15 is 0 Å². The molecule has 2 rings (SSSR count). The molecule has 0 spiro atoms. The Morgan fingerprint density at radius 2 is 2.21 bits per heavy atom. The molecule has 0 aromatic carbocycles. The summed E-state index contributed by atoms with van der Waals surface area (Å²) in [5, 5.41) is 0. The molecule has 0 aliphatic carbocycles. The van der Waals surface area contributed by atoms with Gasteiger partial charge in [0.05, 0.1) is 9.32 Å². The maximum Gasteiger partial charge on any atom is 0.232 e. The van der Waals surface area contributed by atoms with Crippen LogP contribution in [0.3, 0.4) is 0 Å². The molecule has 0 N–H and O–H groups in total. The Morgan fingerprint density at radius 1 is 1.53 bits per heavy atom. The summed E-state index contributed by atoms with van der Waals surface area (Å²) in [7, 11) is 1.51. The molecule has 1 amide bonds. The number of nitrogens with zero attached hydrogens (tertiary/aromatic N) is 2. The van der Waals surface area contributed by atoms with E-state index in [2.05, 4.69) is 4.98 Å². The summed E-state index contributed by atoms with van der Waals surface area (Å²) < 4.78 is 35.7. The van der Waals surface area contributed by atoms with Crippen LogP contribution in [-0.2, 0) is 13.8 Å². The Balaban J connectivity index is 2.18. The second-order valence-electron chi connectivity index (χ2n) is 4.22. The maximum absolute atomic E-state index is 13.4. The van der Waals surface area contributed by atoms with Gasteiger partial charge in [-0.2, -0.15) is 4.39 Å². The van der Waals surface area contributed by atoms with E-state index in [4.69, 9.17) is 10.7 Å². The summed E-state index contributed by atoms with van der Waals surface area (Å²) in [6.07, 6.45) is 0.0707. The average Bonchev–Trinajstić information content (AvgIpc) is 2.61. The summed E-state index contributed by atoms with van der Waals surface area (Å²) in [6, 6.07) is 3.04. The molecule has 1 unspecified atom stereocenters. The largest absolute Gasteiger partial charge is 0.296 e. The van der Waals surface area contributed by atoms with Crippen LogP contribution in [0.2, 0.25) is 0 Å². The highest BCUT2D eigenvalue weighted by atomic mass is 127. The predicted octanol–water partition coefficient (Wildman–Crippen LogP) is 1.75. The molecule has 0 bridgehead atoms. The Kier molecular flexibility index (Phi) is 4.31. The van der Waals surface area contributed by atoms with Crippen molar-refractivity contribution in [1.82, 2.24) is 4.98 Å². The maximum atomic E-state index is 13.4. The lowest BCUT2D eigenvalue weighted by Gasteiger charge is -2.15. The molecule has 1 aromatic rings. The minimum atomic E-state index is -3.65. The van der Waals surface area contributed by atoms with E-state index in [1.54, 1.807) is 22.6 Å². The SMILES string of the molecule is O=C1CC(CS(=O)(=O)Cl)CN1c1ccc(I)c(F)n1. The molecular formula is C10H9ClFIN2O3S. The number of carbonyl (C=O) groups excluding carboxylic acids is 1. The van der Waals surface area contributed by atoms with Crippen LogP contribution in [0.5, 0.6) is 0 Å². The lowest BCUT2D eigenvalue weighted by atomic mass is 10.1. The minimum absolute atomic E-state index is 0.0707. The zero-order chi connectivity index (χ0) is 14.2. The van der Waals surface area contributed by atoms with Crippen molar-refractivity contribution in [3.05, 3.63) is 21.7 Å². The van der Waals surface area contributed by atoms with Crippen LogP contribution in [0.4, 0.5) is 10.2 Å². The second kappa shape index (κ2) is 5.49. The fourth-order valence-electron chi connectivity index (χ4n) is 1.95. The standard InChI is InChI=1S/C10H9ClFIN2O3S/c11-19(17,18)5-6-3-9(16)15(4-6)8-2-1-7(13)10(12)14-8/h1-2,6H,3-5H2. The molecule has 0 saturated carbocycles. The average molecular weight is 419 g/mol. The van der Waals surface area contributed by atoms with Gasteiger partial charge in [-0.05, 0) is 34.7 Å². The van der Waals surface area contributed by atoms with Crippen molar-refractivity contribution in [2.24, 2.45) is 5.92 Å². The lowest BCUT2D eigenvalue weighted by Crippen LogP contribution is -2.26. The van der Waals surface area contributed by atoms with E-state index in [9.17, 15) is 17.6 Å². The third-order valence-electron chi connectivity index (χ3n) is 2.70. The number of anilines is 1. The summed E-state index contributed by atoms with van der Waals surface area (Å²) in [5.41, 5.74) is 0. The number of hydrogen-bond acceptors (Lipinski definition) is 4. The molecule has 104 valence electrons. The first-order chi connectivity index (χ1) is 8.76. The van der Waals surface area contributed by atoms with Crippen molar-refractivity contribution in [1.29, 1.82) is 0 Å². The molecule has 1 aliphatic rings. The van der Waals surface area contributed by atoms with Crippen molar-refractivity contribution in [2.45, 2.75) is 6.42 Å². The van der Waals surface area contributed by atoms with E-state index in [0.29, 0.717) is 3.57 Å². The quantitative estimate of drug-likeness (QED) is 0.426. The van der Waals surface area contributed by atoms with Gasteiger partial charge in [-0.25, -0.2) is 13.4 Å². The molecule has 1 aromatic heterocycles. The molecular weight excluding hydrogens is 410 g/mol. The summed E-state index contributed by atoms with van der Waals surface area (Å²) in [4.78, 5) is 16.8. The van der Waals surface area contributed by atoms with Crippen LogP contribution < -0.4 is 4.90 Å². The fourth-order valence-corrected chi connectivity index (χ4v) is 3.58. The van der Waals surface area contributed by atoms with E-state index < -0.39 is 15.0 Å². The first-order valence-electron chi connectivity index (χ1n) is 5.31. The van der Waals surface area contributed by atoms with Crippen LogP contribution in [0, 0.1) is 15.4 Å². The Morgan fingerprint density at radius 3 is 2.79 bits per heavy atom. The van der Waals surface area contributed by atoms with E-state index in [0.717, 1.165) is 0 Å². The van der Waals surface area contributed by atoms with Crippen molar-refractivity contribution in [3.63, 3.8) is 0 Å². The molecule has 1 aliphatic heterocycles. The van der Waals surface area contributed by atoms with E-state index in [1.807, 2.05) is 0 Å². The van der Waals surface area contributed by atoms with Gasteiger partial charge in [0.25, 0.3) is 0 Å². The normalized spacial score (nSPS) is 20.1. The van der Waals surface area contributed by atoms with Gasteiger partial charge in [0, 0.05) is 29.6 Å². The first kappa shape index (κ1) is 14.9. The smallest absolute Gasteiger partial charge is 0.232 e. The summed E-state index contributed by atoms with van der Waals surface area (Å²) in [6.45, 7) is 0.178. The van der Waals surface area contributed by atoms with Crippen LogP contribution in [0.15, 0.2) is 12.1 Å². The fraction of sp³-hybridized carbons (Fsp3) is 0.400.